The number of alkyl halides is 2. The predicted octanol–water partition coefficient (Wildman–Crippen LogP) is 1.51. The summed E-state index contributed by atoms with van der Waals surface area (Å²) in [7, 11) is 0. The van der Waals surface area contributed by atoms with E-state index < -0.39 is 6.43 Å². The van der Waals surface area contributed by atoms with E-state index in [-0.39, 0.29) is 5.57 Å². The van der Waals surface area contributed by atoms with Crippen LogP contribution in [0.25, 0.3) is 0 Å². The molecular formula is C12H17F2N3O. The van der Waals surface area contributed by atoms with Gasteiger partial charge in [-0.2, -0.15) is 0 Å². The molecule has 0 aromatic heterocycles. The van der Waals surface area contributed by atoms with Gasteiger partial charge in [0, 0.05) is 38.0 Å². The molecule has 6 heteroatoms. The number of nitrogens with one attached hydrogen (secondary N) is 1. The molecule has 4 nitrogen and oxygen atoms in total. The lowest BCUT2D eigenvalue weighted by atomic mass is 10.3. The lowest BCUT2D eigenvalue weighted by Crippen LogP contribution is -2.27. The third kappa shape index (κ3) is 4.65. The molecular weight excluding hydrogens is 240 g/mol. The molecule has 1 rings (SSSR count). The molecule has 0 atom stereocenters. The number of nitrogens with zero attached hydrogens (tertiary/aromatic N) is 2. The average Bonchev–Trinajstić information content (AvgIpc) is 2.59. The van der Waals surface area contributed by atoms with Crippen molar-refractivity contribution in [2.45, 2.75) is 12.8 Å². The summed E-state index contributed by atoms with van der Waals surface area (Å²) in [4.78, 5) is 14.3. The number of allylic oxidation sites excluding steroid dienone is 3. The van der Waals surface area contributed by atoms with Crippen molar-refractivity contribution in [1.29, 1.82) is 5.41 Å². The molecule has 1 saturated heterocycles. The summed E-state index contributed by atoms with van der Waals surface area (Å²) in [6, 6.07) is 0. The first-order valence-corrected chi connectivity index (χ1v) is 5.77. The van der Waals surface area contributed by atoms with Gasteiger partial charge < -0.3 is 15.2 Å². The number of rotatable bonds is 5. The van der Waals surface area contributed by atoms with Crippen LogP contribution in [0.1, 0.15) is 6.42 Å². The molecule has 0 spiro atoms. The quantitative estimate of drug-likeness (QED) is 0.461. The summed E-state index contributed by atoms with van der Waals surface area (Å²) in [6.45, 7) is 2.86. The largest absolute Gasteiger partial charge is 0.376 e. The van der Waals surface area contributed by atoms with E-state index in [1.54, 1.807) is 11.1 Å². The van der Waals surface area contributed by atoms with Crippen LogP contribution < -0.4 is 0 Å². The Hall–Kier alpha value is -1.72. The van der Waals surface area contributed by atoms with Crippen molar-refractivity contribution >= 4 is 12.6 Å². The zero-order chi connectivity index (χ0) is 13.4. The van der Waals surface area contributed by atoms with Gasteiger partial charge in [-0.05, 0) is 18.7 Å². The van der Waals surface area contributed by atoms with Gasteiger partial charge in [-0.3, -0.25) is 4.79 Å². The highest BCUT2D eigenvalue weighted by Gasteiger charge is 2.10. The summed E-state index contributed by atoms with van der Waals surface area (Å²) in [5.41, 5.74) is -0.310. The van der Waals surface area contributed by atoms with Gasteiger partial charge in [0.15, 0.2) is 0 Å². The number of amides is 1. The van der Waals surface area contributed by atoms with Gasteiger partial charge in [-0.1, -0.05) is 6.08 Å². The summed E-state index contributed by atoms with van der Waals surface area (Å²) >= 11 is 0. The van der Waals surface area contributed by atoms with Gasteiger partial charge in [0.2, 0.25) is 6.41 Å². The molecule has 1 aliphatic heterocycles. The Morgan fingerprint density at radius 3 is 2.44 bits per heavy atom. The third-order valence-electron chi connectivity index (χ3n) is 2.72. The first-order chi connectivity index (χ1) is 8.67. The van der Waals surface area contributed by atoms with Crippen LogP contribution in [0, 0.1) is 5.41 Å². The Labute approximate surface area is 105 Å². The predicted molar refractivity (Wildman–Crippen MR) is 65.8 cm³/mol. The minimum absolute atomic E-state index is 0.310. The molecule has 0 radical (unpaired) electrons. The summed E-state index contributed by atoms with van der Waals surface area (Å²) in [6.07, 6.45) is 4.20. The van der Waals surface area contributed by atoms with Crippen molar-refractivity contribution in [3.8, 4) is 0 Å². The lowest BCUT2D eigenvalue weighted by molar-refractivity contribution is -0.118. The highest BCUT2D eigenvalue weighted by molar-refractivity contribution is 5.77. The molecule has 0 bridgehead atoms. The van der Waals surface area contributed by atoms with Crippen LogP contribution in [-0.2, 0) is 4.79 Å². The molecule has 0 unspecified atom stereocenters. The topological polar surface area (TPSA) is 47.4 Å². The third-order valence-corrected chi connectivity index (χ3v) is 2.72. The zero-order valence-electron chi connectivity index (χ0n) is 10.1. The SMILES string of the molecule is N=C/C(=C\C=C\N1CCCN(C=O)CC1)C(F)F. The fourth-order valence-corrected chi connectivity index (χ4v) is 1.67. The number of hydrogen-bond acceptors (Lipinski definition) is 3. The van der Waals surface area contributed by atoms with E-state index >= 15 is 0 Å². The first kappa shape index (κ1) is 14.3. The maximum absolute atomic E-state index is 12.3. The highest BCUT2D eigenvalue weighted by atomic mass is 19.3. The van der Waals surface area contributed by atoms with E-state index in [9.17, 15) is 13.6 Å². The lowest BCUT2D eigenvalue weighted by Gasteiger charge is -2.17. The van der Waals surface area contributed by atoms with Crippen molar-refractivity contribution in [3.63, 3.8) is 0 Å². The molecule has 1 amide bonds. The minimum atomic E-state index is -2.62. The molecule has 0 aromatic carbocycles. The van der Waals surface area contributed by atoms with Gasteiger partial charge in [-0.15, -0.1) is 0 Å². The van der Waals surface area contributed by atoms with Crippen molar-refractivity contribution in [2.75, 3.05) is 26.2 Å². The molecule has 1 fully saturated rings. The molecule has 1 aliphatic rings. The van der Waals surface area contributed by atoms with E-state index in [1.165, 1.54) is 12.2 Å². The zero-order valence-corrected chi connectivity index (χ0v) is 10.1. The number of halogens is 2. The first-order valence-electron chi connectivity index (χ1n) is 5.77. The van der Waals surface area contributed by atoms with E-state index in [0.29, 0.717) is 19.3 Å². The number of hydrogen-bond donors (Lipinski definition) is 1. The van der Waals surface area contributed by atoms with Gasteiger partial charge in [0.05, 0.1) is 0 Å². The van der Waals surface area contributed by atoms with Gasteiger partial charge >= 0.3 is 0 Å². The van der Waals surface area contributed by atoms with Crippen LogP contribution >= 0.6 is 0 Å². The second-order valence-electron chi connectivity index (χ2n) is 3.98. The van der Waals surface area contributed by atoms with Gasteiger partial charge in [-0.25, -0.2) is 8.78 Å². The van der Waals surface area contributed by atoms with Crippen LogP contribution in [0.3, 0.4) is 0 Å². The van der Waals surface area contributed by atoms with Crippen molar-refractivity contribution in [2.24, 2.45) is 0 Å². The summed E-state index contributed by atoms with van der Waals surface area (Å²) < 4.78 is 24.6. The highest BCUT2D eigenvalue weighted by Crippen LogP contribution is 2.06. The van der Waals surface area contributed by atoms with Crippen LogP contribution in [0.4, 0.5) is 8.78 Å². The molecule has 0 aromatic rings. The van der Waals surface area contributed by atoms with Crippen molar-refractivity contribution in [3.05, 3.63) is 23.9 Å². The smallest absolute Gasteiger partial charge is 0.265 e. The number of carbonyl (C=O) groups excluding carboxylic acids is 1. The maximum atomic E-state index is 12.3. The van der Waals surface area contributed by atoms with Crippen LogP contribution in [-0.4, -0.2) is 55.0 Å². The van der Waals surface area contributed by atoms with Crippen LogP contribution in [0.2, 0.25) is 0 Å². The Balaban J connectivity index is 2.51. The minimum Gasteiger partial charge on any atom is -0.376 e. The molecule has 1 heterocycles. The second kappa shape index (κ2) is 7.58. The Kier molecular flexibility index (Phi) is 6.04. The van der Waals surface area contributed by atoms with E-state index in [1.807, 2.05) is 4.90 Å². The van der Waals surface area contributed by atoms with Crippen molar-refractivity contribution in [1.82, 2.24) is 9.80 Å². The van der Waals surface area contributed by atoms with E-state index in [4.69, 9.17) is 5.41 Å². The van der Waals surface area contributed by atoms with Gasteiger partial charge in [0.1, 0.15) is 0 Å². The molecule has 100 valence electrons. The summed E-state index contributed by atoms with van der Waals surface area (Å²) in [5.74, 6) is 0. The van der Waals surface area contributed by atoms with Crippen LogP contribution in [0.5, 0.6) is 0 Å². The number of carbonyl (C=O) groups is 1. The Morgan fingerprint density at radius 2 is 1.83 bits per heavy atom. The normalized spacial score (nSPS) is 18.3. The van der Waals surface area contributed by atoms with Crippen LogP contribution in [0.15, 0.2) is 23.9 Å². The fraction of sp³-hybridized carbons (Fsp3) is 0.500. The average molecular weight is 257 g/mol. The fourth-order valence-electron chi connectivity index (χ4n) is 1.67. The molecule has 18 heavy (non-hydrogen) atoms. The maximum Gasteiger partial charge on any atom is 0.265 e. The van der Waals surface area contributed by atoms with E-state index in [2.05, 4.69) is 0 Å². The Morgan fingerprint density at radius 1 is 1.17 bits per heavy atom. The standard InChI is InChI=1S/C12H17F2N3O/c13-12(14)11(9-15)3-1-4-16-5-2-6-17(10-18)8-7-16/h1,3-4,9-10,12,15H,2,5-8H2/b4-1+,11-3+,15-9?. The van der Waals surface area contributed by atoms with Gasteiger partial charge in [0.25, 0.3) is 6.43 Å². The molecule has 0 saturated carbocycles. The van der Waals surface area contributed by atoms with E-state index in [0.717, 1.165) is 25.9 Å². The second-order valence-corrected chi connectivity index (χ2v) is 3.98. The molecule has 0 aliphatic carbocycles. The van der Waals surface area contributed by atoms with Crippen molar-refractivity contribution < 1.29 is 13.6 Å². The molecule has 1 N–H and O–H groups in total. The monoisotopic (exact) mass is 257 g/mol. The Bertz CT molecular complexity index is 342. The summed E-state index contributed by atoms with van der Waals surface area (Å²) in [5, 5.41) is 6.83.